The Balaban J connectivity index is 0.978. The van der Waals surface area contributed by atoms with Gasteiger partial charge in [0.2, 0.25) is 11.8 Å². The van der Waals surface area contributed by atoms with E-state index in [1.807, 2.05) is 23.1 Å². The van der Waals surface area contributed by atoms with Crippen LogP contribution in [0.25, 0.3) is 44.3 Å². The lowest BCUT2D eigenvalue weighted by Crippen LogP contribution is -2.53. The predicted octanol–water partition coefficient (Wildman–Crippen LogP) is 5.76. The van der Waals surface area contributed by atoms with Gasteiger partial charge in [0.15, 0.2) is 0 Å². The number of nitrogens with zero attached hydrogens (tertiary/aromatic N) is 5. The van der Waals surface area contributed by atoms with E-state index in [9.17, 15) is 19.2 Å². The fraction of sp³-hybridized carbons (Fsp3) is 0.425. The van der Waals surface area contributed by atoms with Crippen molar-refractivity contribution in [3.8, 4) is 22.5 Å². The first-order valence-electron chi connectivity index (χ1n) is 19.0. The van der Waals surface area contributed by atoms with Crippen molar-refractivity contribution in [2.45, 2.75) is 76.0 Å². The number of aromatic nitrogens is 5. The Labute approximate surface area is 317 Å². The Hall–Kier alpha value is -5.99. The molecule has 0 bridgehead atoms. The molecule has 286 valence electrons. The number of hydrogen-bond acceptors (Lipinski definition) is 9. The third kappa shape index (κ3) is 7.06. The summed E-state index contributed by atoms with van der Waals surface area (Å²) >= 11 is 0. The highest BCUT2D eigenvalue weighted by atomic mass is 16.5. The summed E-state index contributed by atoms with van der Waals surface area (Å²) in [6, 6.07) is 12.7. The van der Waals surface area contributed by atoms with Crippen LogP contribution in [0.2, 0.25) is 0 Å². The summed E-state index contributed by atoms with van der Waals surface area (Å²) in [4.78, 5) is 75.6. The third-order valence-electron chi connectivity index (χ3n) is 11.4. The standard InChI is InChI=1S/C40H45N9O6/c1-22(43-39(52)54-2)37(50)48-15-5-9-32(48)35-42-20-30(45-35)27-14-12-24-17-26(13-11-25(24)18-27)28-19-29-31(21-41-28)46-36(44-29)33-10-6-16-49(33)38(51)34(23-7-4-8-23)47-40(53)55-3/h11-14,17-23,32-34H,4-10,15-16H2,1-3H3,(H,42,45)(H,43,52)(H,44,46)(H,47,53)/t22-,32-,33-,34-/m0/s1. The second-order valence-electron chi connectivity index (χ2n) is 14.7. The van der Waals surface area contributed by atoms with Crippen molar-refractivity contribution in [3.63, 3.8) is 0 Å². The summed E-state index contributed by atoms with van der Waals surface area (Å²) in [5.41, 5.74) is 5.12. The first kappa shape index (κ1) is 36.0. The lowest BCUT2D eigenvalue weighted by Gasteiger charge is -2.36. The molecule has 3 aromatic heterocycles. The first-order valence-corrected chi connectivity index (χ1v) is 19.0. The predicted molar refractivity (Wildman–Crippen MR) is 203 cm³/mol. The smallest absolute Gasteiger partial charge is 0.407 e. The Morgan fingerprint density at radius 3 is 2.09 bits per heavy atom. The number of carbonyl (C=O) groups excluding carboxylic acids is 4. The van der Waals surface area contributed by atoms with Gasteiger partial charge < -0.3 is 39.9 Å². The van der Waals surface area contributed by atoms with Gasteiger partial charge in [-0.2, -0.15) is 0 Å². The van der Waals surface area contributed by atoms with Crippen molar-refractivity contribution >= 4 is 45.8 Å². The molecule has 8 rings (SSSR count). The molecule has 3 aliphatic rings. The van der Waals surface area contributed by atoms with Crippen LogP contribution in [0.5, 0.6) is 0 Å². The van der Waals surface area contributed by atoms with Gasteiger partial charge in [-0.15, -0.1) is 0 Å². The van der Waals surface area contributed by atoms with E-state index in [0.29, 0.717) is 18.9 Å². The molecular formula is C40H45N9O6. The van der Waals surface area contributed by atoms with Crippen molar-refractivity contribution in [2.24, 2.45) is 5.92 Å². The molecule has 2 aromatic carbocycles. The van der Waals surface area contributed by atoms with Gasteiger partial charge in [0.05, 0.1) is 61.1 Å². The highest BCUT2D eigenvalue weighted by Gasteiger charge is 2.41. The topological polar surface area (TPSA) is 188 Å². The molecule has 0 radical (unpaired) electrons. The molecule has 1 aliphatic carbocycles. The molecule has 4 N–H and O–H groups in total. The largest absolute Gasteiger partial charge is 0.453 e. The maximum Gasteiger partial charge on any atom is 0.407 e. The summed E-state index contributed by atoms with van der Waals surface area (Å²) in [6.45, 7) is 2.85. The SMILES string of the molecule is COC(=O)N[C@@H](C)C(=O)N1CCC[C@H]1c1ncc(-c2ccc3cc(-c4cc5nc([C@@H]6CCCN6C(=O)[C@@H](NC(=O)OC)C6CCC6)[nH]c5cn4)ccc3c2)[nH]1. The molecule has 1 saturated carbocycles. The summed E-state index contributed by atoms with van der Waals surface area (Å²) in [5.74, 6) is 1.28. The summed E-state index contributed by atoms with van der Waals surface area (Å²) in [5, 5.41) is 7.46. The number of hydrogen-bond donors (Lipinski definition) is 4. The van der Waals surface area contributed by atoms with Gasteiger partial charge in [-0.25, -0.2) is 19.6 Å². The number of likely N-dealkylation sites (tertiary alicyclic amines) is 2. The van der Waals surface area contributed by atoms with E-state index in [4.69, 9.17) is 14.7 Å². The number of methoxy groups -OCH3 is 2. The Morgan fingerprint density at radius 1 is 0.745 bits per heavy atom. The Kier molecular flexibility index (Phi) is 9.84. The van der Waals surface area contributed by atoms with Crippen LogP contribution in [0.1, 0.15) is 75.6 Å². The lowest BCUT2D eigenvalue weighted by atomic mass is 9.79. The van der Waals surface area contributed by atoms with Crippen LogP contribution in [0.3, 0.4) is 0 Å². The molecule has 0 spiro atoms. The number of benzene rings is 2. The van der Waals surface area contributed by atoms with E-state index in [2.05, 4.69) is 54.6 Å². The van der Waals surface area contributed by atoms with Crippen LogP contribution in [0.15, 0.2) is 54.9 Å². The quantitative estimate of drug-likeness (QED) is 0.145. The minimum Gasteiger partial charge on any atom is -0.453 e. The molecule has 5 heterocycles. The molecule has 3 fully saturated rings. The summed E-state index contributed by atoms with van der Waals surface area (Å²) in [6.07, 6.45) is 8.47. The normalized spacial score (nSPS) is 19.6. The number of fused-ring (bicyclic) bond motifs is 2. The molecule has 15 nitrogen and oxygen atoms in total. The van der Waals surface area contributed by atoms with Crippen molar-refractivity contribution in [2.75, 3.05) is 27.3 Å². The monoisotopic (exact) mass is 747 g/mol. The molecule has 2 saturated heterocycles. The van der Waals surface area contributed by atoms with Crippen molar-refractivity contribution in [3.05, 3.63) is 66.5 Å². The third-order valence-corrected chi connectivity index (χ3v) is 11.4. The average Bonchev–Trinajstić information content (AvgIpc) is 4.01. The minimum atomic E-state index is -0.713. The van der Waals surface area contributed by atoms with E-state index >= 15 is 0 Å². The van der Waals surface area contributed by atoms with Gasteiger partial charge in [-0.1, -0.05) is 30.7 Å². The zero-order chi connectivity index (χ0) is 38.2. The Bertz CT molecular complexity index is 2260. The van der Waals surface area contributed by atoms with E-state index in [1.54, 1.807) is 24.2 Å². The lowest BCUT2D eigenvalue weighted by molar-refractivity contribution is -0.136. The van der Waals surface area contributed by atoms with Crippen LogP contribution in [0, 0.1) is 5.92 Å². The molecule has 0 unspecified atom stereocenters. The number of rotatable bonds is 9. The maximum absolute atomic E-state index is 13.8. The molecule has 5 aromatic rings. The summed E-state index contributed by atoms with van der Waals surface area (Å²) in [7, 11) is 2.58. The highest BCUT2D eigenvalue weighted by molar-refractivity contribution is 5.91. The van der Waals surface area contributed by atoms with E-state index < -0.39 is 24.3 Å². The van der Waals surface area contributed by atoms with Crippen LogP contribution in [-0.4, -0.2) is 98.1 Å². The second kappa shape index (κ2) is 15.0. The van der Waals surface area contributed by atoms with Gasteiger partial charge in [0, 0.05) is 24.2 Å². The highest BCUT2D eigenvalue weighted by Crippen LogP contribution is 2.37. The molecule has 15 heteroatoms. The van der Waals surface area contributed by atoms with E-state index in [1.165, 1.54) is 14.2 Å². The van der Waals surface area contributed by atoms with Gasteiger partial charge in [-0.05, 0) is 80.3 Å². The molecular weight excluding hydrogens is 702 g/mol. The zero-order valence-electron chi connectivity index (χ0n) is 31.1. The van der Waals surface area contributed by atoms with Gasteiger partial charge in [-0.3, -0.25) is 14.6 Å². The van der Waals surface area contributed by atoms with Crippen molar-refractivity contribution in [1.29, 1.82) is 0 Å². The second-order valence-corrected chi connectivity index (χ2v) is 14.7. The van der Waals surface area contributed by atoms with Crippen LogP contribution < -0.4 is 10.6 Å². The fourth-order valence-corrected chi connectivity index (χ4v) is 8.16. The number of imidazole rings is 2. The fourth-order valence-electron chi connectivity index (χ4n) is 8.16. The molecule has 2 aliphatic heterocycles. The van der Waals surface area contributed by atoms with Gasteiger partial charge >= 0.3 is 12.2 Å². The molecule has 4 amide bonds. The van der Waals surface area contributed by atoms with Crippen LogP contribution >= 0.6 is 0 Å². The number of amides is 4. The van der Waals surface area contributed by atoms with Crippen molar-refractivity contribution in [1.82, 2.24) is 45.4 Å². The minimum absolute atomic E-state index is 0.0855. The number of nitrogens with one attached hydrogen (secondary N) is 4. The van der Waals surface area contributed by atoms with Crippen LogP contribution in [-0.2, 0) is 19.1 Å². The Morgan fingerprint density at radius 2 is 1.40 bits per heavy atom. The number of aromatic amines is 2. The zero-order valence-corrected chi connectivity index (χ0v) is 31.1. The van der Waals surface area contributed by atoms with Crippen molar-refractivity contribution < 1.29 is 28.7 Å². The molecule has 55 heavy (non-hydrogen) atoms. The van der Waals surface area contributed by atoms with Crippen LogP contribution in [0.4, 0.5) is 9.59 Å². The average molecular weight is 748 g/mol. The number of carbonyl (C=O) groups is 4. The number of alkyl carbamates (subject to hydrolysis) is 2. The van der Waals surface area contributed by atoms with E-state index in [-0.39, 0.29) is 29.8 Å². The number of H-pyrrole nitrogens is 2. The maximum atomic E-state index is 13.8. The first-order chi connectivity index (χ1) is 26.7. The van der Waals surface area contributed by atoms with Gasteiger partial charge in [0.25, 0.3) is 0 Å². The molecule has 4 atom stereocenters. The van der Waals surface area contributed by atoms with E-state index in [0.717, 1.165) is 95.1 Å². The number of ether oxygens (including phenoxy) is 2. The summed E-state index contributed by atoms with van der Waals surface area (Å²) < 4.78 is 9.48. The van der Waals surface area contributed by atoms with Gasteiger partial charge in [0.1, 0.15) is 23.7 Å². The number of pyridine rings is 1.